The molecule has 0 bridgehead atoms. The van der Waals surface area contributed by atoms with E-state index >= 15 is 0 Å². The lowest BCUT2D eigenvalue weighted by Crippen LogP contribution is -2.49. The van der Waals surface area contributed by atoms with Crippen molar-refractivity contribution in [2.45, 2.75) is 44.2 Å². The second kappa shape index (κ2) is 4.49. The van der Waals surface area contributed by atoms with Crippen LogP contribution in [0.15, 0.2) is 0 Å². The Labute approximate surface area is 90.3 Å². The third-order valence-electron chi connectivity index (χ3n) is 3.41. The van der Waals surface area contributed by atoms with Gasteiger partial charge in [0.05, 0.1) is 6.61 Å². The van der Waals surface area contributed by atoms with E-state index in [9.17, 15) is 4.79 Å². The average Bonchev–Trinajstić information content (AvgIpc) is 2.64. The molecule has 0 aromatic heterocycles. The summed E-state index contributed by atoms with van der Waals surface area (Å²) < 4.78 is 10.4. The average molecular weight is 213 g/mol. The molecule has 15 heavy (non-hydrogen) atoms. The van der Waals surface area contributed by atoms with Crippen molar-refractivity contribution >= 4 is 5.97 Å². The van der Waals surface area contributed by atoms with Crippen LogP contribution >= 0.6 is 0 Å². The summed E-state index contributed by atoms with van der Waals surface area (Å²) in [5.41, 5.74) is 0.148. The Morgan fingerprint density at radius 1 is 1.47 bits per heavy atom. The molecule has 2 rings (SSSR count). The van der Waals surface area contributed by atoms with Gasteiger partial charge in [0.1, 0.15) is 6.04 Å². The third kappa shape index (κ3) is 2.32. The fraction of sp³-hybridized carbons (Fsp3) is 0.909. The maximum Gasteiger partial charge on any atom is 0.323 e. The van der Waals surface area contributed by atoms with Crippen LogP contribution in [0.3, 0.4) is 0 Å². The number of rotatable bonds is 2. The highest BCUT2D eigenvalue weighted by molar-refractivity contribution is 5.76. The van der Waals surface area contributed by atoms with Gasteiger partial charge in [-0.3, -0.25) is 10.1 Å². The first-order valence-corrected chi connectivity index (χ1v) is 5.78. The zero-order valence-corrected chi connectivity index (χ0v) is 9.25. The second-order valence-electron chi connectivity index (χ2n) is 4.38. The smallest absolute Gasteiger partial charge is 0.323 e. The molecule has 2 aliphatic rings. The van der Waals surface area contributed by atoms with Crippen molar-refractivity contribution in [3.8, 4) is 0 Å². The van der Waals surface area contributed by atoms with Crippen LogP contribution in [0.2, 0.25) is 0 Å². The molecule has 4 heteroatoms. The Bertz CT molecular complexity index is 236. The first kappa shape index (κ1) is 10.9. The molecule has 1 N–H and O–H groups in total. The fourth-order valence-corrected chi connectivity index (χ4v) is 2.51. The highest BCUT2D eigenvalue weighted by Gasteiger charge is 2.42. The number of ether oxygens (including phenoxy) is 2. The van der Waals surface area contributed by atoms with Gasteiger partial charge in [-0.2, -0.15) is 0 Å². The summed E-state index contributed by atoms with van der Waals surface area (Å²) in [5.74, 6) is -0.0964. The molecule has 86 valence electrons. The zero-order valence-electron chi connectivity index (χ0n) is 9.25. The minimum atomic E-state index is -0.0964. The van der Waals surface area contributed by atoms with E-state index in [-0.39, 0.29) is 17.6 Å². The van der Waals surface area contributed by atoms with Crippen molar-refractivity contribution in [2.24, 2.45) is 0 Å². The standard InChI is InChI=1S/C11H19NO3/c1-2-15-10(13)9-3-4-11(12-9)5-7-14-8-6-11/h9,12H,2-8H2,1H3/t9-/m1/s1. The van der Waals surface area contributed by atoms with Crippen LogP contribution in [0.4, 0.5) is 0 Å². The molecule has 0 amide bonds. The number of hydrogen-bond acceptors (Lipinski definition) is 4. The molecule has 0 aromatic carbocycles. The van der Waals surface area contributed by atoms with E-state index in [4.69, 9.17) is 9.47 Å². The summed E-state index contributed by atoms with van der Waals surface area (Å²) in [7, 11) is 0. The van der Waals surface area contributed by atoms with Crippen molar-refractivity contribution in [1.82, 2.24) is 5.32 Å². The lowest BCUT2D eigenvalue weighted by atomic mass is 9.89. The highest BCUT2D eigenvalue weighted by atomic mass is 16.5. The molecular weight excluding hydrogens is 194 g/mol. The Hall–Kier alpha value is -0.610. The van der Waals surface area contributed by atoms with Crippen LogP contribution in [-0.2, 0) is 14.3 Å². The van der Waals surface area contributed by atoms with Crippen molar-refractivity contribution in [2.75, 3.05) is 19.8 Å². The molecule has 4 nitrogen and oxygen atoms in total. The van der Waals surface area contributed by atoms with Crippen molar-refractivity contribution in [3.05, 3.63) is 0 Å². The van der Waals surface area contributed by atoms with E-state index in [1.54, 1.807) is 0 Å². The van der Waals surface area contributed by atoms with Crippen LogP contribution in [0.1, 0.15) is 32.6 Å². The summed E-state index contributed by atoms with van der Waals surface area (Å²) in [4.78, 5) is 11.6. The lowest BCUT2D eigenvalue weighted by molar-refractivity contribution is -0.145. The maximum atomic E-state index is 11.6. The van der Waals surface area contributed by atoms with E-state index in [0.717, 1.165) is 38.9 Å². The summed E-state index contributed by atoms with van der Waals surface area (Å²) >= 11 is 0. The molecule has 0 aromatic rings. The fourth-order valence-electron chi connectivity index (χ4n) is 2.51. The van der Waals surface area contributed by atoms with Crippen molar-refractivity contribution < 1.29 is 14.3 Å². The van der Waals surface area contributed by atoms with E-state index in [1.807, 2.05) is 6.92 Å². The van der Waals surface area contributed by atoms with Gasteiger partial charge >= 0.3 is 5.97 Å². The minimum absolute atomic E-state index is 0.0944. The molecule has 2 saturated heterocycles. The van der Waals surface area contributed by atoms with Gasteiger partial charge in [-0.25, -0.2) is 0 Å². The third-order valence-corrected chi connectivity index (χ3v) is 3.41. The van der Waals surface area contributed by atoms with Gasteiger partial charge in [-0.05, 0) is 32.6 Å². The molecule has 1 spiro atoms. The largest absolute Gasteiger partial charge is 0.465 e. The van der Waals surface area contributed by atoms with Crippen LogP contribution < -0.4 is 5.32 Å². The number of carbonyl (C=O) groups is 1. The molecule has 0 radical (unpaired) electrons. The van der Waals surface area contributed by atoms with Gasteiger partial charge in [0.15, 0.2) is 0 Å². The van der Waals surface area contributed by atoms with Crippen LogP contribution in [-0.4, -0.2) is 37.4 Å². The summed E-state index contributed by atoms with van der Waals surface area (Å²) in [6.07, 6.45) is 4.00. The van der Waals surface area contributed by atoms with Crippen molar-refractivity contribution in [1.29, 1.82) is 0 Å². The van der Waals surface area contributed by atoms with E-state index in [1.165, 1.54) is 0 Å². The van der Waals surface area contributed by atoms with Crippen LogP contribution in [0.25, 0.3) is 0 Å². The first-order chi connectivity index (χ1) is 7.26. The molecule has 2 aliphatic heterocycles. The number of esters is 1. The zero-order chi connectivity index (χ0) is 10.7. The van der Waals surface area contributed by atoms with Gasteiger partial charge in [0.2, 0.25) is 0 Å². The summed E-state index contributed by atoms with van der Waals surface area (Å²) in [6, 6.07) is -0.0944. The van der Waals surface area contributed by atoms with E-state index < -0.39 is 0 Å². The predicted octanol–water partition coefficient (Wildman–Crippen LogP) is 0.851. The second-order valence-corrected chi connectivity index (χ2v) is 4.38. The molecular formula is C11H19NO3. The van der Waals surface area contributed by atoms with Gasteiger partial charge in [-0.1, -0.05) is 0 Å². The molecule has 0 unspecified atom stereocenters. The number of nitrogens with one attached hydrogen (secondary N) is 1. The van der Waals surface area contributed by atoms with Gasteiger partial charge in [-0.15, -0.1) is 0 Å². The summed E-state index contributed by atoms with van der Waals surface area (Å²) in [6.45, 7) is 3.93. The maximum absolute atomic E-state index is 11.6. The van der Waals surface area contributed by atoms with Gasteiger partial charge in [0, 0.05) is 18.8 Å². The normalized spacial score (nSPS) is 29.3. The number of carbonyl (C=O) groups excluding carboxylic acids is 1. The lowest BCUT2D eigenvalue weighted by Gasteiger charge is -2.34. The van der Waals surface area contributed by atoms with Gasteiger partial charge in [0.25, 0.3) is 0 Å². The molecule has 1 atom stereocenters. The first-order valence-electron chi connectivity index (χ1n) is 5.78. The topological polar surface area (TPSA) is 47.6 Å². The van der Waals surface area contributed by atoms with E-state index in [0.29, 0.717) is 6.61 Å². The summed E-state index contributed by atoms with van der Waals surface area (Å²) in [5, 5.41) is 3.44. The Kier molecular flexibility index (Phi) is 3.26. The Morgan fingerprint density at radius 2 is 2.20 bits per heavy atom. The van der Waals surface area contributed by atoms with Crippen LogP contribution in [0.5, 0.6) is 0 Å². The highest BCUT2D eigenvalue weighted by Crippen LogP contribution is 2.32. The molecule has 0 saturated carbocycles. The molecule has 0 aliphatic carbocycles. The Balaban J connectivity index is 1.90. The monoisotopic (exact) mass is 213 g/mol. The predicted molar refractivity (Wildman–Crippen MR) is 55.6 cm³/mol. The minimum Gasteiger partial charge on any atom is -0.465 e. The van der Waals surface area contributed by atoms with Crippen LogP contribution in [0, 0.1) is 0 Å². The van der Waals surface area contributed by atoms with Gasteiger partial charge < -0.3 is 9.47 Å². The van der Waals surface area contributed by atoms with Crippen molar-refractivity contribution in [3.63, 3.8) is 0 Å². The SMILES string of the molecule is CCOC(=O)[C@H]1CCC2(CCOCC2)N1. The van der Waals surface area contributed by atoms with E-state index in [2.05, 4.69) is 5.32 Å². The molecule has 2 heterocycles. The quantitative estimate of drug-likeness (QED) is 0.691. The Morgan fingerprint density at radius 3 is 2.87 bits per heavy atom. The number of hydrogen-bond donors (Lipinski definition) is 1. The molecule has 2 fully saturated rings.